The fourth-order valence-electron chi connectivity index (χ4n) is 4.20. The number of hydrogen-bond acceptors (Lipinski definition) is 6. The topological polar surface area (TPSA) is 95.4 Å². The van der Waals surface area contributed by atoms with E-state index in [0.717, 1.165) is 29.1 Å². The van der Waals surface area contributed by atoms with Gasteiger partial charge in [-0.15, -0.1) is 13.2 Å². The number of para-hydroxylation sites is 3. The van der Waals surface area contributed by atoms with Gasteiger partial charge < -0.3 is 30.1 Å². The fraction of sp³-hybridized carbons (Fsp3) is 0.133. The van der Waals surface area contributed by atoms with Gasteiger partial charge in [-0.25, -0.2) is 9.79 Å². The van der Waals surface area contributed by atoms with Gasteiger partial charge in [0.2, 0.25) is 0 Å². The van der Waals surface area contributed by atoms with Crippen LogP contribution in [-0.4, -0.2) is 36.0 Å². The summed E-state index contributed by atoms with van der Waals surface area (Å²) in [5.41, 5.74) is 3.63. The van der Waals surface area contributed by atoms with Gasteiger partial charge in [0.05, 0.1) is 11.4 Å². The molecule has 0 saturated carbocycles. The molecule has 0 aliphatic carbocycles. The number of ether oxygens (including phenoxy) is 2. The number of carbonyl (C=O) groups is 1. The number of anilines is 3. The van der Waals surface area contributed by atoms with Crippen molar-refractivity contribution in [2.75, 3.05) is 22.1 Å². The maximum Gasteiger partial charge on any atom is 0.573 e. The number of aliphatic hydroxyl groups excluding tert-OH is 1. The molecule has 0 aromatic heterocycles. The van der Waals surface area contributed by atoms with Crippen molar-refractivity contribution < 1.29 is 32.5 Å². The number of carbonyl (C=O) groups excluding carboxylic acids is 1. The Labute approximate surface area is 233 Å². The first-order valence-corrected chi connectivity index (χ1v) is 12.6. The van der Waals surface area contributed by atoms with Crippen molar-refractivity contribution in [2.45, 2.75) is 19.1 Å². The van der Waals surface area contributed by atoms with Gasteiger partial charge in [0.1, 0.15) is 23.8 Å². The molecule has 1 atom stereocenters. The molecule has 11 heteroatoms. The minimum atomic E-state index is -4.79. The average molecular weight is 563 g/mol. The number of amides is 2. The van der Waals surface area contributed by atoms with Gasteiger partial charge in [0.15, 0.2) is 6.23 Å². The molecule has 41 heavy (non-hydrogen) atoms. The number of urea groups is 1. The Balaban J connectivity index is 1.21. The van der Waals surface area contributed by atoms with Crippen LogP contribution in [0.3, 0.4) is 0 Å². The second-order valence-corrected chi connectivity index (χ2v) is 9.04. The lowest BCUT2D eigenvalue weighted by molar-refractivity contribution is -0.274. The van der Waals surface area contributed by atoms with E-state index in [-0.39, 0.29) is 12.4 Å². The third kappa shape index (κ3) is 7.34. The van der Waals surface area contributed by atoms with E-state index in [0.29, 0.717) is 29.4 Å². The van der Waals surface area contributed by atoms with Crippen molar-refractivity contribution in [1.82, 2.24) is 0 Å². The van der Waals surface area contributed by atoms with Crippen LogP contribution in [0.5, 0.6) is 11.5 Å². The van der Waals surface area contributed by atoms with Gasteiger partial charge in [-0.2, -0.15) is 0 Å². The number of fused-ring (bicyclic) bond motifs is 1. The maximum atomic E-state index is 12.4. The summed E-state index contributed by atoms with van der Waals surface area (Å²) in [6.45, 7) is 0.480. The van der Waals surface area contributed by atoms with Crippen LogP contribution in [0.1, 0.15) is 5.56 Å². The summed E-state index contributed by atoms with van der Waals surface area (Å²) < 4.78 is 46.6. The standard InChI is InChI=1S/C30H25F3N4O4/c31-30(32,33)41-24-16-14-22(15-17-24)35-29(39)34-21-12-10-20(11-13-21)18-37-27-9-5-4-8-25(27)36-26(28(37)38)19-40-23-6-2-1-3-7-23/h1-17,28,38H,18-19H2,(H2,34,35,39). The Hall–Kier alpha value is -5.03. The molecule has 0 radical (unpaired) electrons. The van der Waals surface area contributed by atoms with Gasteiger partial charge >= 0.3 is 12.4 Å². The number of rotatable bonds is 8. The molecule has 0 saturated heterocycles. The summed E-state index contributed by atoms with van der Waals surface area (Å²) in [5, 5.41) is 16.4. The Morgan fingerprint density at radius 2 is 1.44 bits per heavy atom. The number of aliphatic hydroxyl groups is 1. The van der Waals surface area contributed by atoms with E-state index in [2.05, 4.69) is 20.4 Å². The van der Waals surface area contributed by atoms with E-state index in [9.17, 15) is 23.1 Å². The predicted octanol–water partition coefficient (Wildman–Crippen LogP) is 6.72. The first-order chi connectivity index (χ1) is 19.7. The first kappa shape index (κ1) is 27.5. The lowest BCUT2D eigenvalue weighted by atomic mass is 10.1. The highest BCUT2D eigenvalue weighted by atomic mass is 19.4. The van der Waals surface area contributed by atoms with Crippen molar-refractivity contribution in [2.24, 2.45) is 4.99 Å². The summed E-state index contributed by atoms with van der Waals surface area (Å²) in [7, 11) is 0. The second kappa shape index (κ2) is 12.0. The molecule has 8 nitrogen and oxygen atoms in total. The van der Waals surface area contributed by atoms with Crippen LogP contribution in [0.25, 0.3) is 0 Å². The van der Waals surface area contributed by atoms with Gasteiger partial charge in [0, 0.05) is 17.9 Å². The van der Waals surface area contributed by atoms with Crippen molar-refractivity contribution >= 4 is 34.5 Å². The molecule has 210 valence electrons. The van der Waals surface area contributed by atoms with E-state index in [1.54, 1.807) is 12.1 Å². The van der Waals surface area contributed by atoms with E-state index in [4.69, 9.17) is 4.74 Å². The Morgan fingerprint density at radius 1 is 0.829 bits per heavy atom. The molecule has 0 fully saturated rings. The van der Waals surface area contributed by atoms with E-state index in [1.807, 2.05) is 71.6 Å². The third-order valence-corrected chi connectivity index (χ3v) is 6.09. The second-order valence-electron chi connectivity index (χ2n) is 9.04. The van der Waals surface area contributed by atoms with Gasteiger partial charge in [0.25, 0.3) is 0 Å². The molecule has 0 spiro atoms. The molecular formula is C30H25F3N4O4. The molecule has 3 N–H and O–H groups in total. The zero-order valence-corrected chi connectivity index (χ0v) is 21.5. The number of benzene rings is 4. The van der Waals surface area contributed by atoms with Gasteiger partial charge in [-0.05, 0) is 66.2 Å². The van der Waals surface area contributed by atoms with Crippen molar-refractivity contribution in [3.05, 3.63) is 109 Å². The summed E-state index contributed by atoms with van der Waals surface area (Å²) >= 11 is 0. The number of hydrogen-bond donors (Lipinski definition) is 3. The minimum Gasteiger partial charge on any atom is -0.487 e. The van der Waals surface area contributed by atoms with Gasteiger partial charge in [-0.3, -0.25) is 0 Å². The highest BCUT2D eigenvalue weighted by Gasteiger charge is 2.31. The lowest BCUT2D eigenvalue weighted by Gasteiger charge is -2.35. The molecule has 1 aliphatic rings. The molecule has 1 aliphatic heterocycles. The molecule has 4 aromatic rings. The van der Waals surface area contributed by atoms with E-state index < -0.39 is 18.6 Å². The molecule has 1 heterocycles. The monoisotopic (exact) mass is 562 g/mol. The largest absolute Gasteiger partial charge is 0.573 e. The highest BCUT2D eigenvalue weighted by Crippen LogP contribution is 2.35. The Bertz CT molecular complexity index is 1510. The minimum absolute atomic E-state index is 0.117. The fourth-order valence-corrected chi connectivity index (χ4v) is 4.20. The van der Waals surface area contributed by atoms with Crippen LogP contribution in [-0.2, 0) is 6.54 Å². The Kier molecular flexibility index (Phi) is 8.06. The van der Waals surface area contributed by atoms with Crippen LogP contribution in [0, 0.1) is 0 Å². The summed E-state index contributed by atoms with van der Waals surface area (Å²) in [5.74, 6) is 0.287. The molecule has 2 amide bonds. The number of nitrogens with one attached hydrogen (secondary N) is 2. The lowest BCUT2D eigenvalue weighted by Crippen LogP contribution is -2.45. The normalized spacial score (nSPS) is 14.5. The number of halogens is 3. The smallest absolute Gasteiger partial charge is 0.487 e. The van der Waals surface area contributed by atoms with Crippen LogP contribution >= 0.6 is 0 Å². The van der Waals surface area contributed by atoms with Crippen LogP contribution in [0.2, 0.25) is 0 Å². The van der Waals surface area contributed by atoms with Crippen LogP contribution < -0.4 is 25.0 Å². The molecule has 5 rings (SSSR count). The summed E-state index contributed by atoms with van der Waals surface area (Å²) in [4.78, 5) is 18.8. The van der Waals surface area contributed by atoms with Crippen molar-refractivity contribution in [3.63, 3.8) is 0 Å². The Morgan fingerprint density at radius 3 is 2.10 bits per heavy atom. The molecule has 0 bridgehead atoms. The third-order valence-electron chi connectivity index (χ3n) is 6.09. The summed E-state index contributed by atoms with van der Waals surface area (Å²) in [6.07, 6.45) is -5.80. The van der Waals surface area contributed by atoms with Crippen LogP contribution in [0.4, 0.5) is 40.7 Å². The zero-order valence-electron chi connectivity index (χ0n) is 21.5. The number of aliphatic imine (C=N–C) groups is 1. The SMILES string of the molecule is O=C(Nc1ccc(CN2c3ccccc3N=C(COc3ccccc3)C2O)cc1)Nc1ccc(OC(F)(F)F)cc1. The quantitative estimate of drug-likeness (QED) is 0.222. The maximum absolute atomic E-state index is 12.4. The first-order valence-electron chi connectivity index (χ1n) is 12.6. The van der Waals surface area contributed by atoms with E-state index >= 15 is 0 Å². The zero-order chi connectivity index (χ0) is 28.8. The van der Waals surface area contributed by atoms with Gasteiger partial charge in [-0.1, -0.05) is 42.5 Å². The van der Waals surface area contributed by atoms with E-state index in [1.165, 1.54) is 12.1 Å². The number of nitrogens with zero attached hydrogens (tertiary/aromatic N) is 2. The molecule has 4 aromatic carbocycles. The highest BCUT2D eigenvalue weighted by molar-refractivity contribution is 6.00. The summed E-state index contributed by atoms with van der Waals surface area (Å²) in [6, 6.07) is 28.1. The predicted molar refractivity (Wildman–Crippen MR) is 150 cm³/mol. The molecular weight excluding hydrogens is 537 g/mol. The van der Waals surface area contributed by atoms with Crippen LogP contribution in [0.15, 0.2) is 108 Å². The van der Waals surface area contributed by atoms with Crippen molar-refractivity contribution in [1.29, 1.82) is 0 Å². The molecule has 1 unspecified atom stereocenters. The van der Waals surface area contributed by atoms with Crippen molar-refractivity contribution in [3.8, 4) is 11.5 Å². The number of alkyl halides is 3. The average Bonchev–Trinajstić information content (AvgIpc) is 2.95.